The molecule has 2 heterocycles. The molecule has 0 bridgehead atoms. The van der Waals surface area contributed by atoms with Crippen molar-refractivity contribution in [2.24, 2.45) is 40.4 Å². The number of anilines is 1. The summed E-state index contributed by atoms with van der Waals surface area (Å²) in [5.41, 5.74) is 2.26. The zero-order valence-corrected chi connectivity index (χ0v) is 22.4. The molecule has 1 aliphatic heterocycles. The number of carbonyl (C=O) groups is 1. The Bertz CT molecular complexity index is 1040. The van der Waals surface area contributed by atoms with Crippen LogP contribution in [0.4, 0.5) is 5.82 Å². The van der Waals surface area contributed by atoms with Gasteiger partial charge in [-0.3, -0.25) is 9.69 Å². The molecule has 5 heteroatoms. The number of aromatic nitrogens is 1. The number of amides is 1. The Kier molecular flexibility index (Phi) is 6.21. The van der Waals surface area contributed by atoms with E-state index in [4.69, 9.17) is 4.74 Å². The molecule has 5 aliphatic rings. The van der Waals surface area contributed by atoms with E-state index in [1.165, 1.54) is 32.1 Å². The summed E-state index contributed by atoms with van der Waals surface area (Å²) in [6.07, 6.45) is 15.3. The normalized spacial score (nSPS) is 40.2. The minimum Gasteiger partial charge on any atom is -0.488 e. The first kappa shape index (κ1) is 24.5. The van der Waals surface area contributed by atoms with Gasteiger partial charge in [-0.15, -0.1) is 0 Å². The van der Waals surface area contributed by atoms with E-state index in [9.17, 15) is 9.90 Å². The fourth-order valence-electron chi connectivity index (χ4n) is 9.60. The van der Waals surface area contributed by atoms with Crippen molar-refractivity contribution in [2.75, 3.05) is 18.1 Å². The standard InChI is InChI=1S/C31H44N2O3/c1-20(6-11-28(35)33-17-18-36-27-5-4-16-32-29(27)33)24-9-10-25-23-8-7-21-19-22(34)12-14-30(21,2)26(23)13-15-31(24,25)3/h4-5,7,16,20,22-26,34H,6,8-15,17-19H2,1-3H3/t20-,22+,23+,24-,25+,26+,30+,31-/m1/s1. The summed E-state index contributed by atoms with van der Waals surface area (Å²) in [6.45, 7) is 8.65. The summed E-state index contributed by atoms with van der Waals surface area (Å²) < 4.78 is 5.70. The van der Waals surface area contributed by atoms with Crippen LogP contribution < -0.4 is 9.64 Å². The number of ether oxygens (including phenoxy) is 1. The van der Waals surface area contributed by atoms with Crippen LogP contribution in [0, 0.1) is 40.4 Å². The van der Waals surface area contributed by atoms with Gasteiger partial charge in [0.25, 0.3) is 0 Å². The molecule has 3 fully saturated rings. The molecule has 6 rings (SSSR count). The number of pyridine rings is 1. The number of fused-ring (bicyclic) bond motifs is 6. The van der Waals surface area contributed by atoms with Crippen LogP contribution in [0.5, 0.6) is 5.75 Å². The Morgan fingerprint density at radius 3 is 2.94 bits per heavy atom. The summed E-state index contributed by atoms with van der Waals surface area (Å²) in [4.78, 5) is 19.5. The van der Waals surface area contributed by atoms with Crippen LogP contribution in [0.3, 0.4) is 0 Å². The number of aliphatic hydroxyl groups excluding tert-OH is 1. The van der Waals surface area contributed by atoms with Gasteiger partial charge in [0.05, 0.1) is 12.6 Å². The monoisotopic (exact) mass is 492 g/mol. The molecule has 8 atom stereocenters. The van der Waals surface area contributed by atoms with Gasteiger partial charge in [0.15, 0.2) is 11.6 Å². The van der Waals surface area contributed by atoms with Crippen molar-refractivity contribution in [1.82, 2.24) is 4.98 Å². The highest BCUT2D eigenvalue weighted by atomic mass is 16.5. The average Bonchev–Trinajstić information content (AvgIpc) is 3.24. The molecular formula is C31H44N2O3. The Morgan fingerprint density at radius 1 is 1.22 bits per heavy atom. The molecule has 1 aromatic rings. The molecule has 0 unspecified atom stereocenters. The Hall–Kier alpha value is -1.88. The minimum atomic E-state index is -0.129. The molecule has 5 nitrogen and oxygen atoms in total. The molecule has 0 spiro atoms. The fourth-order valence-corrected chi connectivity index (χ4v) is 9.60. The maximum Gasteiger partial charge on any atom is 0.228 e. The molecule has 0 radical (unpaired) electrons. The summed E-state index contributed by atoms with van der Waals surface area (Å²) >= 11 is 0. The third-order valence-electron chi connectivity index (χ3n) is 11.5. The molecule has 1 amide bonds. The Balaban J connectivity index is 1.13. The second kappa shape index (κ2) is 9.15. The van der Waals surface area contributed by atoms with Gasteiger partial charge >= 0.3 is 0 Å². The molecule has 0 aromatic carbocycles. The smallest absolute Gasteiger partial charge is 0.228 e. The van der Waals surface area contributed by atoms with Crippen LogP contribution in [-0.4, -0.2) is 35.3 Å². The average molecular weight is 493 g/mol. The maximum absolute atomic E-state index is 13.2. The number of rotatable bonds is 4. The van der Waals surface area contributed by atoms with Crippen LogP contribution in [0.1, 0.15) is 85.0 Å². The van der Waals surface area contributed by atoms with Gasteiger partial charge in [-0.2, -0.15) is 0 Å². The first-order valence-electron chi connectivity index (χ1n) is 14.6. The Morgan fingerprint density at radius 2 is 2.08 bits per heavy atom. The first-order chi connectivity index (χ1) is 17.3. The second-order valence-electron chi connectivity index (χ2n) is 13.1. The van der Waals surface area contributed by atoms with Crippen LogP contribution in [0.25, 0.3) is 0 Å². The lowest BCUT2D eigenvalue weighted by molar-refractivity contribution is -0.119. The summed E-state index contributed by atoms with van der Waals surface area (Å²) in [5, 5.41) is 10.3. The molecule has 196 valence electrons. The van der Waals surface area contributed by atoms with Crippen molar-refractivity contribution in [3.8, 4) is 5.75 Å². The van der Waals surface area contributed by atoms with E-state index >= 15 is 0 Å². The highest BCUT2D eigenvalue weighted by molar-refractivity contribution is 5.94. The van der Waals surface area contributed by atoms with Crippen LogP contribution in [0.2, 0.25) is 0 Å². The van der Waals surface area contributed by atoms with Crippen molar-refractivity contribution in [1.29, 1.82) is 0 Å². The van der Waals surface area contributed by atoms with Crippen LogP contribution in [-0.2, 0) is 4.79 Å². The first-order valence-corrected chi connectivity index (χ1v) is 14.6. The lowest BCUT2D eigenvalue weighted by Gasteiger charge is -2.58. The highest BCUT2D eigenvalue weighted by Crippen LogP contribution is 2.67. The molecule has 0 saturated heterocycles. The molecule has 1 N–H and O–H groups in total. The lowest BCUT2D eigenvalue weighted by Crippen LogP contribution is -2.50. The van der Waals surface area contributed by atoms with Gasteiger partial charge in [0, 0.05) is 12.6 Å². The predicted molar refractivity (Wildman–Crippen MR) is 142 cm³/mol. The van der Waals surface area contributed by atoms with Crippen LogP contribution in [0.15, 0.2) is 30.0 Å². The molecule has 4 aliphatic carbocycles. The maximum atomic E-state index is 13.2. The van der Waals surface area contributed by atoms with Crippen molar-refractivity contribution in [3.05, 3.63) is 30.0 Å². The lowest BCUT2D eigenvalue weighted by atomic mass is 9.47. The SMILES string of the molecule is C[C@H](CCC(=O)N1CCOc2cccnc21)[C@H]1CC[C@H]2[C@@H]3CC=C4C[C@@H](O)CC[C@]4(C)[C@H]3CC[C@]12C. The minimum absolute atomic E-state index is 0.129. The van der Waals surface area contributed by atoms with Gasteiger partial charge in [0.2, 0.25) is 5.91 Å². The van der Waals surface area contributed by atoms with E-state index in [0.29, 0.717) is 48.1 Å². The van der Waals surface area contributed by atoms with Gasteiger partial charge < -0.3 is 9.84 Å². The van der Waals surface area contributed by atoms with E-state index < -0.39 is 0 Å². The summed E-state index contributed by atoms with van der Waals surface area (Å²) in [6, 6.07) is 3.77. The van der Waals surface area contributed by atoms with Crippen molar-refractivity contribution in [2.45, 2.75) is 91.1 Å². The second-order valence-corrected chi connectivity index (χ2v) is 13.1. The number of hydrogen-bond donors (Lipinski definition) is 1. The molecule has 1 aromatic heterocycles. The molecular weight excluding hydrogens is 448 g/mol. The van der Waals surface area contributed by atoms with Crippen molar-refractivity contribution < 1.29 is 14.6 Å². The summed E-state index contributed by atoms with van der Waals surface area (Å²) in [5.74, 6) is 5.23. The molecule has 36 heavy (non-hydrogen) atoms. The quantitative estimate of drug-likeness (QED) is 0.511. The number of carbonyl (C=O) groups excluding carboxylic acids is 1. The third-order valence-corrected chi connectivity index (χ3v) is 11.5. The van der Waals surface area contributed by atoms with E-state index in [-0.39, 0.29) is 12.0 Å². The van der Waals surface area contributed by atoms with E-state index in [1.54, 1.807) is 11.8 Å². The van der Waals surface area contributed by atoms with Gasteiger partial charge in [0.1, 0.15) is 6.61 Å². The van der Waals surface area contributed by atoms with Gasteiger partial charge in [-0.1, -0.05) is 32.4 Å². The number of hydrogen-bond acceptors (Lipinski definition) is 4. The van der Waals surface area contributed by atoms with E-state index in [1.807, 2.05) is 17.0 Å². The fraction of sp³-hybridized carbons (Fsp3) is 0.742. The largest absolute Gasteiger partial charge is 0.488 e. The van der Waals surface area contributed by atoms with E-state index in [0.717, 1.165) is 49.2 Å². The zero-order valence-electron chi connectivity index (χ0n) is 22.4. The Labute approximate surface area is 216 Å². The molecule has 3 saturated carbocycles. The summed E-state index contributed by atoms with van der Waals surface area (Å²) in [7, 11) is 0. The zero-order chi connectivity index (χ0) is 25.1. The number of aliphatic hydroxyl groups is 1. The van der Waals surface area contributed by atoms with Crippen molar-refractivity contribution in [3.63, 3.8) is 0 Å². The highest BCUT2D eigenvalue weighted by Gasteiger charge is 2.59. The van der Waals surface area contributed by atoms with Gasteiger partial charge in [-0.25, -0.2) is 4.98 Å². The number of allylic oxidation sites excluding steroid dienone is 1. The van der Waals surface area contributed by atoms with Crippen molar-refractivity contribution >= 4 is 11.7 Å². The predicted octanol–water partition coefficient (Wildman–Crippen LogP) is 6.16. The van der Waals surface area contributed by atoms with Gasteiger partial charge in [-0.05, 0) is 110 Å². The van der Waals surface area contributed by atoms with E-state index in [2.05, 4.69) is 31.8 Å². The third kappa shape index (κ3) is 3.83. The number of nitrogens with zero attached hydrogens (tertiary/aromatic N) is 2. The topological polar surface area (TPSA) is 62.7 Å². The van der Waals surface area contributed by atoms with Crippen LogP contribution >= 0.6 is 0 Å².